The number of rotatable bonds is 2. The molecular weight excluding hydrogens is 254 g/mol. The Hall–Kier alpha value is -1.13. The summed E-state index contributed by atoms with van der Waals surface area (Å²) in [5.74, 6) is 0.723. The van der Waals surface area contributed by atoms with Gasteiger partial charge in [-0.3, -0.25) is 0 Å². The van der Waals surface area contributed by atoms with Crippen LogP contribution >= 0.6 is 23.3 Å². The van der Waals surface area contributed by atoms with E-state index in [-0.39, 0.29) is 0 Å². The van der Waals surface area contributed by atoms with Crippen LogP contribution in [-0.4, -0.2) is 14.8 Å². The molecule has 0 fully saturated rings. The summed E-state index contributed by atoms with van der Waals surface area (Å²) < 4.78 is 8.11. The van der Waals surface area contributed by atoms with Crippen molar-refractivity contribution in [1.82, 2.24) is 8.75 Å². The standard InChI is InChI=1S/C12H12ClN3S/c13-11-12(16-17-15-11)14-10-6-5-8-3-1-2-4-9(8)7-10/h1-4,10H,5-7H2,(H,14,16). The van der Waals surface area contributed by atoms with Crippen LogP contribution < -0.4 is 5.32 Å². The van der Waals surface area contributed by atoms with Crippen LogP contribution in [0.3, 0.4) is 0 Å². The second-order valence-corrected chi connectivity index (χ2v) is 5.14. The number of fused-ring (bicyclic) bond motifs is 1. The van der Waals surface area contributed by atoms with E-state index in [9.17, 15) is 0 Å². The Balaban J connectivity index is 1.74. The molecule has 1 aliphatic carbocycles. The number of benzene rings is 1. The third-order valence-corrected chi connectivity index (χ3v) is 4.03. The summed E-state index contributed by atoms with van der Waals surface area (Å²) in [7, 11) is 0. The topological polar surface area (TPSA) is 37.8 Å². The van der Waals surface area contributed by atoms with Crippen LogP contribution in [0, 0.1) is 0 Å². The molecule has 0 spiro atoms. The fraction of sp³-hybridized carbons (Fsp3) is 0.333. The van der Waals surface area contributed by atoms with Gasteiger partial charge in [0.25, 0.3) is 0 Å². The van der Waals surface area contributed by atoms with E-state index in [1.807, 2.05) is 0 Å². The average molecular weight is 266 g/mol. The highest BCUT2D eigenvalue weighted by molar-refractivity contribution is 6.99. The van der Waals surface area contributed by atoms with Crippen molar-refractivity contribution in [1.29, 1.82) is 0 Å². The molecule has 3 rings (SSSR count). The maximum absolute atomic E-state index is 5.93. The molecule has 0 saturated heterocycles. The fourth-order valence-corrected chi connectivity index (χ4v) is 2.94. The predicted octanol–water partition coefficient (Wildman–Crippen LogP) is 3.16. The van der Waals surface area contributed by atoms with Crippen molar-refractivity contribution in [2.24, 2.45) is 0 Å². The fourth-order valence-electron chi connectivity index (χ4n) is 2.28. The van der Waals surface area contributed by atoms with Gasteiger partial charge in [-0.15, -0.1) is 0 Å². The Morgan fingerprint density at radius 1 is 1.24 bits per heavy atom. The predicted molar refractivity (Wildman–Crippen MR) is 70.8 cm³/mol. The molecule has 0 bridgehead atoms. The van der Waals surface area contributed by atoms with Gasteiger partial charge in [0.05, 0.1) is 11.7 Å². The summed E-state index contributed by atoms with van der Waals surface area (Å²) in [5.41, 5.74) is 2.89. The van der Waals surface area contributed by atoms with Crippen LogP contribution in [0.2, 0.25) is 5.15 Å². The number of nitrogens with zero attached hydrogens (tertiary/aromatic N) is 2. The van der Waals surface area contributed by atoms with Gasteiger partial charge in [-0.2, -0.15) is 8.75 Å². The summed E-state index contributed by atoms with van der Waals surface area (Å²) in [4.78, 5) is 0. The third kappa shape index (κ3) is 2.28. The van der Waals surface area contributed by atoms with Gasteiger partial charge in [0.2, 0.25) is 0 Å². The van der Waals surface area contributed by atoms with E-state index in [1.54, 1.807) is 0 Å². The van der Waals surface area contributed by atoms with Gasteiger partial charge < -0.3 is 5.32 Å². The molecule has 5 heteroatoms. The molecule has 88 valence electrons. The number of hydrogen-bond acceptors (Lipinski definition) is 4. The van der Waals surface area contributed by atoms with Gasteiger partial charge in [-0.1, -0.05) is 35.9 Å². The molecule has 1 atom stereocenters. The first-order valence-corrected chi connectivity index (χ1v) is 6.75. The lowest BCUT2D eigenvalue weighted by atomic mass is 9.88. The zero-order valence-corrected chi connectivity index (χ0v) is 10.8. The molecule has 1 aromatic heterocycles. The SMILES string of the molecule is Clc1nsnc1NC1CCc2ccccc2C1. The van der Waals surface area contributed by atoms with Gasteiger partial charge >= 0.3 is 0 Å². The Morgan fingerprint density at radius 3 is 2.82 bits per heavy atom. The van der Waals surface area contributed by atoms with Crippen LogP contribution in [0.5, 0.6) is 0 Å². The van der Waals surface area contributed by atoms with Crippen molar-refractivity contribution in [3.8, 4) is 0 Å². The van der Waals surface area contributed by atoms with Crippen molar-refractivity contribution in [3.63, 3.8) is 0 Å². The van der Waals surface area contributed by atoms with Gasteiger partial charge in [0, 0.05) is 6.04 Å². The molecule has 0 saturated carbocycles. The first kappa shape index (κ1) is 11.0. The highest BCUT2D eigenvalue weighted by Gasteiger charge is 2.19. The average Bonchev–Trinajstić information content (AvgIpc) is 2.75. The highest BCUT2D eigenvalue weighted by atomic mass is 35.5. The third-order valence-electron chi connectivity index (χ3n) is 3.14. The minimum Gasteiger partial charge on any atom is -0.364 e. The molecule has 0 aliphatic heterocycles. The lowest BCUT2D eigenvalue weighted by Gasteiger charge is -2.25. The maximum Gasteiger partial charge on any atom is 0.186 e. The largest absolute Gasteiger partial charge is 0.364 e. The van der Waals surface area contributed by atoms with Gasteiger partial charge in [0.15, 0.2) is 11.0 Å². The highest BCUT2D eigenvalue weighted by Crippen LogP contribution is 2.25. The number of anilines is 1. The molecule has 1 aromatic carbocycles. The van der Waals surface area contributed by atoms with Crippen molar-refractivity contribution < 1.29 is 0 Å². The zero-order chi connectivity index (χ0) is 11.7. The van der Waals surface area contributed by atoms with Gasteiger partial charge in [-0.05, 0) is 30.4 Å². The van der Waals surface area contributed by atoms with E-state index in [1.165, 1.54) is 11.1 Å². The zero-order valence-electron chi connectivity index (χ0n) is 9.19. The minimum atomic E-state index is 0.409. The maximum atomic E-state index is 5.93. The molecule has 1 heterocycles. The molecule has 1 aliphatic rings. The monoisotopic (exact) mass is 265 g/mol. The molecule has 3 nitrogen and oxygen atoms in total. The van der Waals surface area contributed by atoms with E-state index in [2.05, 4.69) is 38.3 Å². The van der Waals surface area contributed by atoms with Gasteiger partial charge in [0.1, 0.15) is 0 Å². The van der Waals surface area contributed by atoms with Gasteiger partial charge in [-0.25, -0.2) is 0 Å². The van der Waals surface area contributed by atoms with Crippen LogP contribution in [0.1, 0.15) is 17.5 Å². The van der Waals surface area contributed by atoms with Crippen LogP contribution in [-0.2, 0) is 12.8 Å². The van der Waals surface area contributed by atoms with Crippen molar-refractivity contribution in [2.75, 3.05) is 5.32 Å². The van der Waals surface area contributed by atoms with E-state index in [0.29, 0.717) is 11.2 Å². The first-order valence-electron chi connectivity index (χ1n) is 5.64. The van der Waals surface area contributed by atoms with E-state index < -0.39 is 0 Å². The van der Waals surface area contributed by atoms with E-state index >= 15 is 0 Å². The summed E-state index contributed by atoms with van der Waals surface area (Å²) >= 11 is 7.08. The molecule has 1 unspecified atom stereocenters. The summed E-state index contributed by atoms with van der Waals surface area (Å²) in [6.45, 7) is 0. The van der Waals surface area contributed by atoms with Crippen LogP contribution in [0.25, 0.3) is 0 Å². The number of hydrogen-bond donors (Lipinski definition) is 1. The minimum absolute atomic E-state index is 0.409. The normalized spacial score (nSPS) is 18.8. The smallest absolute Gasteiger partial charge is 0.186 e. The molecular formula is C12H12ClN3S. The van der Waals surface area contributed by atoms with Crippen molar-refractivity contribution >= 4 is 29.1 Å². The second kappa shape index (κ2) is 4.63. The number of halogens is 1. The number of nitrogens with one attached hydrogen (secondary N) is 1. The van der Waals surface area contributed by atoms with E-state index in [0.717, 1.165) is 36.8 Å². The Morgan fingerprint density at radius 2 is 2.06 bits per heavy atom. The second-order valence-electron chi connectivity index (χ2n) is 4.26. The molecule has 0 radical (unpaired) electrons. The molecule has 1 N–H and O–H groups in total. The van der Waals surface area contributed by atoms with Crippen molar-refractivity contribution in [2.45, 2.75) is 25.3 Å². The number of aromatic nitrogens is 2. The molecule has 2 aromatic rings. The summed E-state index contributed by atoms with van der Waals surface area (Å²) in [6.07, 6.45) is 3.26. The lowest BCUT2D eigenvalue weighted by molar-refractivity contribution is 0.609. The van der Waals surface area contributed by atoms with Crippen LogP contribution in [0.4, 0.5) is 5.82 Å². The lowest BCUT2D eigenvalue weighted by Crippen LogP contribution is -2.27. The summed E-state index contributed by atoms with van der Waals surface area (Å²) in [6, 6.07) is 9.02. The Bertz CT molecular complexity index is 526. The molecule has 17 heavy (non-hydrogen) atoms. The number of aryl methyl sites for hydroxylation is 1. The van der Waals surface area contributed by atoms with Crippen LogP contribution in [0.15, 0.2) is 24.3 Å². The Labute approximate surface area is 109 Å². The molecule has 0 amide bonds. The quantitative estimate of drug-likeness (QED) is 0.906. The van der Waals surface area contributed by atoms with Crippen molar-refractivity contribution in [3.05, 3.63) is 40.5 Å². The first-order chi connectivity index (χ1) is 8.33. The van der Waals surface area contributed by atoms with E-state index in [4.69, 9.17) is 11.6 Å². The summed E-state index contributed by atoms with van der Waals surface area (Å²) in [5, 5.41) is 3.86. The Kier molecular flexibility index (Phi) is 2.99.